The molecule has 0 radical (unpaired) electrons. The summed E-state index contributed by atoms with van der Waals surface area (Å²) in [6, 6.07) is 0. The van der Waals surface area contributed by atoms with Crippen molar-refractivity contribution in [3.63, 3.8) is 0 Å². The fraction of sp³-hybridized carbons (Fsp3) is 0.500. The van der Waals surface area contributed by atoms with Crippen molar-refractivity contribution in [2.75, 3.05) is 11.1 Å². The van der Waals surface area contributed by atoms with Crippen LogP contribution in [0.4, 0.5) is 5.82 Å². The largest absolute Gasteiger partial charge is 0.308 e. The number of sulfone groups is 1. The summed E-state index contributed by atoms with van der Waals surface area (Å²) >= 11 is 11.5. The first-order chi connectivity index (χ1) is 8.92. The Morgan fingerprint density at radius 2 is 2.05 bits per heavy atom. The Morgan fingerprint density at radius 1 is 1.32 bits per heavy atom. The number of rotatable bonds is 2. The highest BCUT2D eigenvalue weighted by Crippen LogP contribution is 2.27. The van der Waals surface area contributed by atoms with Crippen molar-refractivity contribution in [2.45, 2.75) is 24.5 Å². The van der Waals surface area contributed by atoms with E-state index in [2.05, 4.69) is 15.3 Å². The number of halogens is 2. The standard InChI is InChI=1S/C10H11Cl2N3O3S/c11-7-8(12)13-5-14-9(7)15-10(16)6-3-1-2-4-19(6,17)18/h5-6H,1-4H2,(H,13,14,15,16). The molecule has 1 amide bonds. The van der Waals surface area contributed by atoms with Crippen molar-refractivity contribution in [3.8, 4) is 0 Å². The van der Waals surface area contributed by atoms with Gasteiger partial charge in [0.05, 0.1) is 5.75 Å². The Labute approximate surface area is 120 Å². The number of nitrogens with one attached hydrogen (secondary N) is 1. The van der Waals surface area contributed by atoms with Gasteiger partial charge in [0.25, 0.3) is 0 Å². The highest BCUT2D eigenvalue weighted by atomic mass is 35.5. The monoisotopic (exact) mass is 323 g/mol. The number of hydrogen-bond acceptors (Lipinski definition) is 5. The van der Waals surface area contributed by atoms with Gasteiger partial charge in [-0.25, -0.2) is 18.4 Å². The molecule has 0 spiro atoms. The fourth-order valence-corrected chi connectivity index (χ4v) is 3.96. The lowest BCUT2D eigenvalue weighted by molar-refractivity contribution is -0.116. The molecule has 2 rings (SSSR count). The topological polar surface area (TPSA) is 89.0 Å². The van der Waals surface area contributed by atoms with Crippen LogP contribution in [0.25, 0.3) is 0 Å². The summed E-state index contributed by atoms with van der Waals surface area (Å²) in [5.74, 6) is -0.576. The van der Waals surface area contributed by atoms with Gasteiger partial charge in [-0.3, -0.25) is 4.79 Å². The Bertz CT molecular complexity index is 606. The average molecular weight is 324 g/mol. The molecular weight excluding hydrogens is 313 g/mol. The molecule has 1 unspecified atom stereocenters. The van der Waals surface area contributed by atoms with Crippen LogP contribution in [0, 0.1) is 0 Å². The maximum absolute atomic E-state index is 12.0. The minimum atomic E-state index is -3.40. The lowest BCUT2D eigenvalue weighted by Crippen LogP contribution is -2.39. The predicted molar refractivity (Wildman–Crippen MR) is 72.1 cm³/mol. The third kappa shape index (κ3) is 3.16. The molecule has 1 aromatic rings. The zero-order valence-corrected chi connectivity index (χ0v) is 12.1. The normalized spacial score (nSPS) is 21.9. The van der Waals surface area contributed by atoms with Crippen LogP contribution < -0.4 is 5.32 Å². The Morgan fingerprint density at radius 3 is 2.74 bits per heavy atom. The summed E-state index contributed by atoms with van der Waals surface area (Å²) < 4.78 is 23.6. The van der Waals surface area contributed by atoms with Gasteiger partial charge in [-0.05, 0) is 12.8 Å². The highest BCUT2D eigenvalue weighted by molar-refractivity contribution is 7.92. The van der Waals surface area contributed by atoms with Crippen molar-refractivity contribution in [2.24, 2.45) is 0 Å². The Kier molecular flexibility index (Phi) is 4.27. The van der Waals surface area contributed by atoms with Gasteiger partial charge in [0.2, 0.25) is 5.91 Å². The van der Waals surface area contributed by atoms with E-state index in [4.69, 9.17) is 23.2 Å². The smallest absolute Gasteiger partial charge is 0.243 e. The van der Waals surface area contributed by atoms with Crippen molar-refractivity contribution in [3.05, 3.63) is 16.5 Å². The van der Waals surface area contributed by atoms with Gasteiger partial charge < -0.3 is 5.32 Å². The highest BCUT2D eigenvalue weighted by Gasteiger charge is 2.35. The predicted octanol–water partition coefficient (Wildman–Crippen LogP) is 1.69. The van der Waals surface area contributed by atoms with E-state index in [1.54, 1.807) is 0 Å². The molecule has 6 nitrogen and oxygen atoms in total. The maximum atomic E-state index is 12.0. The minimum Gasteiger partial charge on any atom is -0.308 e. The van der Waals surface area contributed by atoms with E-state index in [0.29, 0.717) is 19.3 Å². The molecule has 19 heavy (non-hydrogen) atoms. The van der Waals surface area contributed by atoms with Gasteiger partial charge in [0, 0.05) is 0 Å². The summed E-state index contributed by atoms with van der Waals surface area (Å²) in [5, 5.41) is 1.33. The van der Waals surface area contributed by atoms with E-state index in [-0.39, 0.29) is 21.7 Å². The second-order valence-electron chi connectivity index (χ2n) is 4.17. The number of anilines is 1. The lowest BCUT2D eigenvalue weighted by Gasteiger charge is -2.21. The molecule has 1 fully saturated rings. The van der Waals surface area contributed by atoms with Gasteiger partial charge in [-0.1, -0.05) is 29.6 Å². The molecule has 104 valence electrons. The van der Waals surface area contributed by atoms with Crippen LogP contribution in [-0.2, 0) is 14.6 Å². The summed E-state index contributed by atoms with van der Waals surface area (Å²) in [7, 11) is -3.40. The second kappa shape index (κ2) is 5.60. The van der Waals surface area contributed by atoms with Crippen LogP contribution in [0.2, 0.25) is 10.2 Å². The van der Waals surface area contributed by atoms with Crippen LogP contribution in [0.1, 0.15) is 19.3 Å². The number of hydrogen-bond donors (Lipinski definition) is 1. The third-order valence-corrected chi connectivity index (χ3v) is 5.78. The molecule has 1 saturated heterocycles. The number of aromatic nitrogens is 2. The fourth-order valence-electron chi connectivity index (χ4n) is 1.88. The van der Waals surface area contributed by atoms with Crippen molar-refractivity contribution >= 4 is 44.8 Å². The van der Waals surface area contributed by atoms with Crippen molar-refractivity contribution in [1.82, 2.24) is 9.97 Å². The van der Waals surface area contributed by atoms with E-state index < -0.39 is 21.0 Å². The van der Waals surface area contributed by atoms with Crippen LogP contribution >= 0.6 is 23.2 Å². The first-order valence-electron chi connectivity index (χ1n) is 5.60. The van der Waals surface area contributed by atoms with E-state index in [9.17, 15) is 13.2 Å². The van der Waals surface area contributed by atoms with Gasteiger partial charge in [0.1, 0.15) is 16.6 Å². The Balaban J connectivity index is 2.19. The summed E-state index contributed by atoms with van der Waals surface area (Å²) in [6.45, 7) is 0. The van der Waals surface area contributed by atoms with Crippen LogP contribution in [0.15, 0.2) is 6.33 Å². The number of amides is 1. The SMILES string of the molecule is O=C(Nc1ncnc(Cl)c1Cl)C1CCCCS1(=O)=O. The molecule has 1 N–H and O–H groups in total. The molecule has 2 heterocycles. The summed E-state index contributed by atoms with van der Waals surface area (Å²) in [5.41, 5.74) is 0. The third-order valence-electron chi connectivity index (χ3n) is 2.86. The molecule has 1 aromatic heterocycles. The molecule has 0 bridgehead atoms. The number of carbonyl (C=O) groups is 1. The van der Waals surface area contributed by atoms with Gasteiger partial charge in [-0.15, -0.1) is 0 Å². The molecule has 1 atom stereocenters. The molecule has 0 aliphatic carbocycles. The number of carbonyl (C=O) groups excluding carboxylic acids is 1. The lowest BCUT2D eigenvalue weighted by atomic mass is 10.2. The quantitative estimate of drug-likeness (QED) is 0.836. The van der Waals surface area contributed by atoms with E-state index >= 15 is 0 Å². The average Bonchev–Trinajstić information content (AvgIpc) is 2.34. The zero-order chi connectivity index (χ0) is 14.0. The van der Waals surface area contributed by atoms with E-state index in [1.807, 2.05) is 0 Å². The van der Waals surface area contributed by atoms with Gasteiger partial charge >= 0.3 is 0 Å². The zero-order valence-electron chi connectivity index (χ0n) is 9.77. The summed E-state index contributed by atoms with van der Waals surface area (Å²) in [6.07, 6.45) is 2.74. The first kappa shape index (κ1) is 14.5. The van der Waals surface area contributed by atoms with Crippen LogP contribution in [0.3, 0.4) is 0 Å². The Hall–Kier alpha value is -0.920. The molecule has 1 aliphatic heterocycles. The minimum absolute atomic E-state index is 0.00142. The van der Waals surface area contributed by atoms with Crippen molar-refractivity contribution in [1.29, 1.82) is 0 Å². The van der Waals surface area contributed by atoms with E-state index in [1.165, 1.54) is 0 Å². The molecular formula is C10H11Cl2N3O3S. The maximum Gasteiger partial charge on any atom is 0.243 e. The molecule has 1 aliphatic rings. The molecule has 0 aromatic carbocycles. The molecule has 9 heteroatoms. The number of nitrogens with zero attached hydrogens (tertiary/aromatic N) is 2. The van der Waals surface area contributed by atoms with Crippen LogP contribution in [-0.4, -0.2) is 35.3 Å². The van der Waals surface area contributed by atoms with Gasteiger partial charge in [0.15, 0.2) is 20.8 Å². The summed E-state index contributed by atoms with van der Waals surface area (Å²) in [4.78, 5) is 19.4. The van der Waals surface area contributed by atoms with Gasteiger partial charge in [-0.2, -0.15) is 0 Å². The molecule has 0 saturated carbocycles. The van der Waals surface area contributed by atoms with Crippen LogP contribution in [0.5, 0.6) is 0 Å². The van der Waals surface area contributed by atoms with E-state index in [0.717, 1.165) is 6.33 Å². The first-order valence-corrected chi connectivity index (χ1v) is 8.07. The van der Waals surface area contributed by atoms with Crippen molar-refractivity contribution < 1.29 is 13.2 Å². The second-order valence-corrected chi connectivity index (χ2v) is 7.21.